The number of fused-ring (bicyclic) bond motifs is 1. The fourth-order valence-electron chi connectivity index (χ4n) is 4.29. The number of hydrogen-bond donors (Lipinski definition) is 0. The van der Waals surface area contributed by atoms with Gasteiger partial charge in [0.05, 0.1) is 17.8 Å². The van der Waals surface area contributed by atoms with E-state index in [4.69, 9.17) is 4.74 Å². The smallest absolute Gasteiger partial charge is 0.253 e. The first-order valence-corrected chi connectivity index (χ1v) is 11.4. The first kappa shape index (κ1) is 22.4. The molecule has 1 saturated heterocycles. The van der Waals surface area contributed by atoms with E-state index < -0.39 is 6.10 Å². The minimum atomic E-state index is -0.463. The van der Waals surface area contributed by atoms with E-state index in [1.54, 1.807) is 0 Å². The van der Waals surface area contributed by atoms with E-state index in [9.17, 15) is 4.79 Å². The number of para-hydroxylation sites is 1. The van der Waals surface area contributed by atoms with Gasteiger partial charge in [0, 0.05) is 50.0 Å². The van der Waals surface area contributed by atoms with Crippen molar-refractivity contribution in [2.45, 2.75) is 40.0 Å². The summed E-state index contributed by atoms with van der Waals surface area (Å²) in [6.45, 7) is 10.2. The summed E-state index contributed by atoms with van der Waals surface area (Å²) in [5.74, 6) is 0.409. The molecule has 0 N–H and O–H groups in total. The first-order valence-electron chi connectivity index (χ1n) is 11.4. The number of amides is 1. The van der Waals surface area contributed by atoms with Crippen molar-refractivity contribution < 1.29 is 9.53 Å². The molecule has 6 nitrogen and oxygen atoms in total. The van der Waals surface area contributed by atoms with Crippen molar-refractivity contribution in [2.75, 3.05) is 26.2 Å². The zero-order valence-corrected chi connectivity index (χ0v) is 19.2. The number of aryl methyl sites for hydroxylation is 1. The predicted octanol–water partition coefficient (Wildman–Crippen LogP) is 3.82. The molecule has 1 fully saturated rings. The van der Waals surface area contributed by atoms with Gasteiger partial charge in [-0.05, 0) is 36.6 Å². The number of pyridine rings is 2. The summed E-state index contributed by atoms with van der Waals surface area (Å²) < 4.78 is 5.95. The van der Waals surface area contributed by atoms with E-state index in [1.165, 1.54) is 0 Å². The topological polar surface area (TPSA) is 58.6 Å². The molecule has 0 radical (unpaired) electrons. The van der Waals surface area contributed by atoms with Crippen LogP contribution in [0.4, 0.5) is 0 Å². The number of nitrogens with zero attached hydrogens (tertiary/aromatic N) is 4. The number of morpholine rings is 1. The molecule has 1 aliphatic heterocycles. The van der Waals surface area contributed by atoms with Crippen LogP contribution in [0.1, 0.15) is 30.8 Å². The highest BCUT2D eigenvalue weighted by Gasteiger charge is 2.31. The Hall–Kier alpha value is -2.83. The summed E-state index contributed by atoms with van der Waals surface area (Å²) in [5.41, 5.74) is 4.05. The minimum Gasteiger partial charge on any atom is -0.366 e. The Balaban J connectivity index is 1.49. The number of ether oxygens (including phenoxy) is 1. The van der Waals surface area contributed by atoms with Crippen molar-refractivity contribution in [3.8, 4) is 0 Å². The Kier molecular flexibility index (Phi) is 7.12. The largest absolute Gasteiger partial charge is 0.366 e. The maximum atomic E-state index is 13.6. The number of aromatic nitrogens is 2. The Morgan fingerprint density at radius 3 is 2.81 bits per heavy atom. The average molecular weight is 433 g/mol. The lowest BCUT2D eigenvalue weighted by Crippen LogP contribution is -2.51. The van der Waals surface area contributed by atoms with Crippen molar-refractivity contribution in [3.05, 3.63) is 71.7 Å². The molecule has 3 aromatic rings. The number of hydrogen-bond acceptors (Lipinski definition) is 5. The van der Waals surface area contributed by atoms with Gasteiger partial charge < -0.3 is 9.64 Å². The van der Waals surface area contributed by atoms with Crippen LogP contribution < -0.4 is 0 Å². The molecule has 0 bridgehead atoms. The molecule has 3 heterocycles. The summed E-state index contributed by atoms with van der Waals surface area (Å²) in [6.07, 6.45) is 1.34. The average Bonchev–Trinajstić information content (AvgIpc) is 2.78. The molecule has 1 aromatic carbocycles. The van der Waals surface area contributed by atoms with Gasteiger partial charge in [0.1, 0.15) is 6.10 Å². The Labute approximate surface area is 190 Å². The molecular formula is C26H32N4O2. The molecule has 168 valence electrons. The molecule has 0 spiro atoms. The second-order valence-corrected chi connectivity index (χ2v) is 8.97. The van der Waals surface area contributed by atoms with Crippen LogP contribution in [0, 0.1) is 12.8 Å². The van der Waals surface area contributed by atoms with Crippen LogP contribution in [0.2, 0.25) is 0 Å². The third-order valence-corrected chi connectivity index (χ3v) is 5.73. The van der Waals surface area contributed by atoms with E-state index in [1.807, 2.05) is 48.4 Å². The highest BCUT2D eigenvalue weighted by molar-refractivity contribution is 5.84. The third kappa shape index (κ3) is 5.50. The molecule has 1 atom stereocenters. The van der Waals surface area contributed by atoms with Crippen LogP contribution >= 0.6 is 0 Å². The summed E-state index contributed by atoms with van der Waals surface area (Å²) in [4.78, 5) is 26.9. The normalized spacial score (nSPS) is 17.1. The van der Waals surface area contributed by atoms with Crippen LogP contribution in [0.5, 0.6) is 0 Å². The molecule has 1 amide bonds. The highest BCUT2D eigenvalue weighted by Crippen LogP contribution is 2.20. The number of benzene rings is 1. The fourth-order valence-corrected chi connectivity index (χ4v) is 4.29. The maximum Gasteiger partial charge on any atom is 0.253 e. The second kappa shape index (κ2) is 10.2. The molecular weight excluding hydrogens is 400 g/mol. The molecule has 1 aliphatic rings. The first-order chi connectivity index (χ1) is 15.5. The summed E-state index contributed by atoms with van der Waals surface area (Å²) in [5, 5.41) is 1.09. The fraction of sp³-hybridized carbons (Fsp3) is 0.423. The van der Waals surface area contributed by atoms with Crippen molar-refractivity contribution in [1.82, 2.24) is 19.8 Å². The van der Waals surface area contributed by atoms with Crippen LogP contribution in [-0.2, 0) is 22.6 Å². The monoisotopic (exact) mass is 432 g/mol. The van der Waals surface area contributed by atoms with Gasteiger partial charge in [-0.1, -0.05) is 44.2 Å². The van der Waals surface area contributed by atoms with E-state index in [2.05, 4.69) is 46.9 Å². The van der Waals surface area contributed by atoms with Gasteiger partial charge in [-0.15, -0.1) is 0 Å². The molecule has 2 aromatic heterocycles. The van der Waals surface area contributed by atoms with Gasteiger partial charge >= 0.3 is 0 Å². The lowest BCUT2D eigenvalue weighted by molar-refractivity contribution is -0.151. The van der Waals surface area contributed by atoms with Crippen LogP contribution in [0.3, 0.4) is 0 Å². The van der Waals surface area contributed by atoms with Gasteiger partial charge in [-0.3, -0.25) is 19.7 Å². The molecule has 0 aliphatic carbocycles. The third-order valence-electron chi connectivity index (χ3n) is 5.73. The van der Waals surface area contributed by atoms with Gasteiger partial charge in [0.2, 0.25) is 0 Å². The highest BCUT2D eigenvalue weighted by atomic mass is 16.5. The lowest BCUT2D eigenvalue weighted by Gasteiger charge is -2.35. The second-order valence-electron chi connectivity index (χ2n) is 8.97. The van der Waals surface area contributed by atoms with Crippen molar-refractivity contribution >= 4 is 16.8 Å². The molecule has 32 heavy (non-hydrogen) atoms. The van der Waals surface area contributed by atoms with Crippen LogP contribution in [0.25, 0.3) is 10.9 Å². The molecule has 0 saturated carbocycles. The van der Waals surface area contributed by atoms with E-state index in [0.29, 0.717) is 32.2 Å². The van der Waals surface area contributed by atoms with Gasteiger partial charge in [0.25, 0.3) is 5.91 Å². The Morgan fingerprint density at radius 1 is 1.19 bits per heavy atom. The maximum absolute atomic E-state index is 13.6. The van der Waals surface area contributed by atoms with Crippen LogP contribution in [0.15, 0.2) is 54.7 Å². The minimum absolute atomic E-state index is 0.0496. The Morgan fingerprint density at radius 2 is 2.00 bits per heavy atom. The number of carbonyl (C=O) groups is 1. The Bertz CT molecular complexity index is 1060. The zero-order chi connectivity index (χ0) is 22.5. The van der Waals surface area contributed by atoms with Gasteiger partial charge in [-0.2, -0.15) is 0 Å². The standard InChI is InChI=1S/C26H32N4O2/c1-19(2)15-30(16-22-9-5-8-21-10-6-12-27-25(21)22)26(31)24-18-29(13-14-32-24)17-23-11-4-7-20(3)28-23/h4-12,19,24H,13-18H2,1-3H3/t24-/m1/s1. The quantitative estimate of drug-likeness (QED) is 0.568. The zero-order valence-electron chi connectivity index (χ0n) is 19.2. The van der Waals surface area contributed by atoms with Crippen molar-refractivity contribution in [3.63, 3.8) is 0 Å². The lowest BCUT2D eigenvalue weighted by atomic mass is 10.1. The molecule has 0 unspecified atom stereocenters. The number of carbonyl (C=O) groups excluding carboxylic acids is 1. The van der Waals surface area contributed by atoms with Crippen molar-refractivity contribution in [1.29, 1.82) is 0 Å². The molecule has 4 rings (SSSR count). The molecule has 6 heteroatoms. The predicted molar refractivity (Wildman–Crippen MR) is 126 cm³/mol. The van der Waals surface area contributed by atoms with Crippen LogP contribution in [-0.4, -0.2) is 58.0 Å². The van der Waals surface area contributed by atoms with Gasteiger partial charge in [0.15, 0.2) is 0 Å². The summed E-state index contributed by atoms with van der Waals surface area (Å²) in [7, 11) is 0. The van der Waals surface area contributed by atoms with Crippen molar-refractivity contribution in [2.24, 2.45) is 5.92 Å². The SMILES string of the molecule is Cc1cccc(CN2CCO[C@@H](C(=O)N(Cc3cccc4cccnc34)CC(C)C)C2)n1. The number of rotatable bonds is 7. The summed E-state index contributed by atoms with van der Waals surface area (Å²) >= 11 is 0. The van der Waals surface area contributed by atoms with Gasteiger partial charge in [-0.25, -0.2) is 0 Å². The summed E-state index contributed by atoms with van der Waals surface area (Å²) in [6, 6.07) is 16.2. The van der Waals surface area contributed by atoms with E-state index in [0.717, 1.165) is 40.9 Å². The van der Waals surface area contributed by atoms with E-state index in [-0.39, 0.29) is 5.91 Å². The van der Waals surface area contributed by atoms with E-state index >= 15 is 0 Å².